The predicted molar refractivity (Wildman–Crippen MR) is 63.3 cm³/mol. The third-order valence-electron chi connectivity index (χ3n) is 1.77. The maximum Gasteiger partial charge on any atom is 0.240 e. The molecule has 0 bridgehead atoms. The van der Waals surface area contributed by atoms with Crippen LogP contribution >= 0.6 is 23.2 Å². The average molecular weight is 284 g/mol. The van der Waals surface area contributed by atoms with Crippen LogP contribution in [0.1, 0.15) is 6.92 Å². The second kappa shape index (κ2) is 5.33. The minimum Gasteiger partial charge on any atom is -0.392 e. The first-order chi connectivity index (χ1) is 7.33. The molecule has 0 spiro atoms. The second-order valence-electron chi connectivity index (χ2n) is 3.28. The van der Waals surface area contributed by atoms with E-state index in [1.807, 2.05) is 0 Å². The van der Waals surface area contributed by atoms with Crippen LogP contribution in [0.15, 0.2) is 23.1 Å². The molecule has 0 fully saturated rings. The summed E-state index contributed by atoms with van der Waals surface area (Å²) in [7, 11) is -3.65. The Balaban J connectivity index is 2.94. The zero-order valence-corrected chi connectivity index (χ0v) is 10.8. The van der Waals surface area contributed by atoms with Crippen molar-refractivity contribution in [2.24, 2.45) is 0 Å². The molecule has 16 heavy (non-hydrogen) atoms. The maximum atomic E-state index is 11.7. The lowest BCUT2D eigenvalue weighted by Crippen LogP contribution is -2.30. The van der Waals surface area contributed by atoms with Gasteiger partial charge in [0.05, 0.1) is 21.0 Å². The lowest BCUT2D eigenvalue weighted by Gasteiger charge is -2.08. The lowest BCUT2D eigenvalue weighted by atomic mass is 10.4. The van der Waals surface area contributed by atoms with Crippen LogP contribution < -0.4 is 4.72 Å². The molecule has 0 aliphatic heterocycles. The molecule has 0 amide bonds. The van der Waals surface area contributed by atoms with Gasteiger partial charge in [-0.1, -0.05) is 23.2 Å². The molecule has 0 saturated heterocycles. The zero-order valence-electron chi connectivity index (χ0n) is 8.44. The van der Waals surface area contributed by atoms with Crippen LogP contribution in [0.25, 0.3) is 0 Å². The van der Waals surface area contributed by atoms with Gasteiger partial charge in [0.15, 0.2) is 0 Å². The monoisotopic (exact) mass is 283 g/mol. The first-order valence-electron chi connectivity index (χ1n) is 4.45. The van der Waals surface area contributed by atoms with Crippen LogP contribution in [0, 0.1) is 0 Å². The number of halogens is 2. The van der Waals surface area contributed by atoms with Gasteiger partial charge in [-0.2, -0.15) is 0 Å². The summed E-state index contributed by atoms with van der Waals surface area (Å²) in [4.78, 5) is 0.0163. The van der Waals surface area contributed by atoms with E-state index < -0.39 is 16.1 Å². The summed E-state index contributed by atoms with van der Waals surface area (Å²) in [6.07, 6.45) is -0.752. The van der Waals surface area contributed by atoms with Crippen LogP contribution in [-0.4, -0.2) is 26.2 Å². The van der Waals surface area contributed by atoms with Gasteiger partial charge in [0.25, 0.3) is 0 Å². The van der Waals surface area contributed by atoms with Gasteiger partial charge < -0.3 is 5.11 Å². The van der Waals surface area contributed by atoms with E-state index >= 15 is 0 Å². The fourth-order valence-electron chi connectivity index (χ4n) is 0.958. The van der Waals surface area contributed by atoms with Crippen molar-refractivity contribution in [1.82, 2.24) is 4.72 Å². The normalized spacial score (nSPS) is 13.8. The van der Waals surface area contributed by atoms with Gasteiger partial charge in [0.2, 0.25) is 10.0 Å². The molecule has 4 nitrogen and oxygen atoms in total. The van der Waals surface area contributed by atoms with Gasteiger partial charge in [0.1, 0.15) is 0 Å². The second-order valence-corrected chi connectivity index (χ2v) is 5.86. The highest BCUT2D eigenvalue weighted by atomic mass is 35.5. The number of hydrogen-bond acceptors (Lipinski definition) is 3. The standard InChI is InChI=1S/C9H11Cl2NO3S/c1-6(13)5-12-16(14,15)7-2-3-8(10)9(11)4-7/h2-4,6,12-13H,5H2,1H3/t6-/m0/s1. The molecular weight excluding hydrogens is 273 g/mol. The Morgan fingerprint density at radius 1 is 1.38 bits per heavy atom. The number of rotatable bonds is 4. The van der Waals surface area contributed by atoms with E-state index in [0.717, 1.165) is 0 Å². The van der Waals surface area contributed by atoms with Gasteiger partial charge in [0, 0.05) is 6.54 Å². The van der Waals surface area contributed by atoms with E-state index in [2.05, 4.69) is 4.72 Å². The third-order valence-corrected chi connectivity index (χ3v) is 3.93. The number of benzene rings is 1. The van der Waals surface area contributed by atoms with Crippen molar-refractivity contribution < 1.29 is 13.5 Å². The van der Waals surface area contributed by atoms with E-state index in [1.54, 1.807) is 0 Å². The summed E-state index contributed by atoms with van der Waals surface area (Å²) in [5, 5.41) is 9.44. The lowest BCUT2D eigenvalue weighted by molar-refractivity contribution is 0.198. The quantitative estimate of drug-likeness (QED) is 0.883. The molecule has 1 aromatic carbocycles. The van der Waals surface area contributed by atoms with Crippen LogP contribution in [-0.2, 0) is 10.0 Å². The molecule has 2 N–H and O–H groups in total. The van der Waals surface area contributed by atoms with Crippen molar-refractivity contribution in [2.45, 2.75) is 17.9 Å². The smallest absolute Gasteiger partial charge is 0.240 e. The highest BCUT2D eigenvalue weighted by Gasteiger charge is 2.15. The summed E-state index contributed by atoms with van der Waals surface area (Å²) in [6, 6.07) is 4.01. The Hall–Kier alpha value is -0.330. The number of nitrogens with one attached hydrogen (secondary N) is 1. The van der Waals surface area contributed by atoms with Crippen molar-refractivity contribution in [3.8, 4) is 0 Å². The Bertz CT molecular complexity index is 474. The van der Waals surface area contributed by atoms with Crippen molar-refractivity contribution >= 4 is 33.2 Å². The van der Waals surface area contributed by atoms with E-state index in [1.165, 1.54) is 25.1 Å². The number of sulfonamides is 1. The molecule has 1 atom stereocenters. The Morgan fingerprint density at radius 3 is 2.50 bits per heavy atom. The number of aliphatic hydroxyl groups excluding tert-OH is 1. The number of aliphatic hydroxyl groups is 1. The van der Waals surface area contributed by atoms with Crippen molar-refractivity contribution in [3.05, 3.63) is 28.2 Å². The third kappa shape index (κ3) is 3.61. The van der Waals surface area contributed by atoms with Crippen LogP contribution in [0.5, 0.6) is 0 Å². The van der Waals surface area contributed by atoms with Crippen LogP contribution in [0.2, 0.25) is 10.0 Å². The fourth-order valence-corrected chi connectivity index (χ4v) is 2.47. The molecule has 0 radical (unpaired) electrons. The highest BCUT2D eigenvalue weighted by Crippen LogP contribution is 2.24. The van der Waals surface area contributed by atoms with Crippen LogP contribution in [0.3, 0.4) is 0 Å². The zero-order chi connectivity index (χ0) is 12.3. The molecule has 0 heterocycles. The summed E-state index contributed by atoms with van der Waals surface area (Å²) < 4.78 is 25.6. The van der Waals surface area contributed by atoms with Crippen molar-refractivity contribution in [3.63, 3.8) is 0 Å². The summed E-state index contributed by atoms with van der Waals surface area (Å²) in [6.45, 7) is 1.43. The molecule has 0 aliphatic carbocycles. The summed E-state index contributed by atoms with van der Waals surface area (Å²) >= 11 is 11.4. The first kappa shape index (κ1) is 13.7. The van der Waals surface area contributed by atoms with Gasteiger partial charge in [-0.3, -0.25) is 0 Å². The molecule has 0 saturated carbocycles. The van der Waals surface area contributed by atoms with Crippen molar-refractivity contribution in [1.29, 1.82) is 0 Å². The first-order valence-corrected chi connectivity index (χ1v) is 6.69. The minimum absolute atomic E-state index is 0.0163. The molecule has 1 rings (SSSR count). The SMILES string of the molecule is C[C@H](O)CNS(=O)(=O)c1ccc(Cl)c(Cl)c1. The van der Waals surface area contributed by atoms with Gasteiger partial charge in [-0.15, -0.1) is 0 Å². The predicted octanol–water partition coefficient (Wildman–Crippen LogP) is 1.65. The average Bonchev–Trinajstić information content (AvgIpc) is 2.19. The summed E-state index contributed by atoms with van der Waals surface area (Å²) in [5.41, 5.74) is 0. The van der Waals surface area contributed by atoms with E-state index in [0.29, 0.717) is 0 Å². The Morgan fingerprint density at radius 2 is 2.00 bits per heavy atom. The molecule has 0 aromatic heterocycles. The maximum absolute atomic E-state index is 11.7. The fraction of sp³-hybridized carbons (Fsp3) is 0.333. The van der Waals surface area contributed by atoms with Crippen molar-refractivity contribution in [2.75, 3.05) is 6.54 Å². The van der Waals surface area contributed by atoms with Gasteiger partial charge in [-0.05, 0) is 25.1 Å². The Kier molecular flexibility index (Phi) is 4.58. The molecule has 0 unspecified atom stereocenters. The molecule has 7 heteroatoms. The number of hydrogen-bond donors (Lipinski definition) is 2. The largest absolute Gasteiger partial charge is 0.392 e. The topological polar surface area (TPSA) is 66.4 Å². The molecule has 1 aromatic rings. The van der Waals surface area contributed by atoms with Gasteiger partial charge >= 0.3 is 0 Å². The minimum atomic E-state index is -3.65. The van der Waals surface area contributed by atoms with E-state index in [4.69, 9.17) is 28.3 Å². The molecular formula is C9H11Cl2NO3S. The highest BCUT2D eigenvalue weighted by molar-refractivity contribution is 7.89. The molecule has 0 aliphatic rings. The van der Waals surface area contributed by atoms with Gasteiger partial charge in [-0.25, -0.2) is 13.1 Å². The van der Waals surface area contributed by atoms with E-state index in [-0.39, 0.29) is 21.5 Å². The molecule has 90 valence electrons. The van der Waals surface area contributed by atoms with E-state index in [9.17, 15) is 8.42 Å². The summed E-state index contributed by atoms with van der Waals surface area (Å²) in [5.74, 6) is 0. The van der Waals surface area contributed by atoms with Crippen LogP contribution in [0.4, 0.5) is 0 Å². The Labute approximate surface area is 104 Å².